The van der Waals surface area contributed by atoms with Crippen LogP contribution in [0.25, 0.3) is 0 Å². The Hall–Kier alpha value is -1.61. The molecular formula is C18H36O3. The number of carbonyl (C=O) groups is 1. The molecular weight excluding hydrogens is 264 g/mol. The van der Waals surface area contributed by atoms with Crippen molar-refractivity contribution in [3.63, 3.8) is 0 Å². The highest BCUT2D eigenvalue weighted by molar-refractivity contribution is 5.68. The minimum atomic E-state index is -0.520. The van der Waals surface area contributed by atoms with Crippen molar-refractivity contribution < 1.29 is 14.9 Å². The van der Waals surface area contributed by atoms with Gasteiger partial charge < -0.3 is 4.89 Å². The number of hydrogen-bond acceptors (Lipinski definition) is 3. The molecule has 21 heavy (non-hydrogen) atoms. The van der Waals surface area contributed by atoms with Crippen LogP contribution in [0.2, 0.25) is 0 Å². The van der Waals surface area contributed by atoms with Crippen LogP contribution in [0, 0.1) is 0 Å². The Kier molecular flexibility index (Phi) is 77.7. The monoisotopic (exact) mass is 300 g/mol. The summed E-state index contributed by atoms with van der Waals surface area (Å²) in [5.74, 6) is -0.520. The minimum absolute atomic E-state index is 0.338. The van der Waals surface area contributed by atoms with Crippen LogP contribution in [0.3, 0.4) is 0 Å². The molecule has 0 amide bonds. The number of unbranched alkanes of at least 4 members (excludes halogenated alkanes) is 6. The zero-order chi connectivity index (χ0) is 17.9. The second-order valence-corrected chi connectivity index (χ2v) is 3.33. The molecule has 0 saturated carbocycles. The largest absolute Gasteiger partial charge is 0.342 e. The fraction of sp³-hybridized carbons (Fsp3) is 0.500. The molecule has 0 aromatic rings. The summed E-state index contributed by atoms with van der Waals surface area (Å²) in [7, 11) is 0. The average molecular weight is 300 g/mol. The molecule has 0 rings (SSSR count). The third-order valence-electron chi connectivity index (χ3n) is 2.09. The molecule has 0 bridgehead atoms. The Labute approximate surface area is 132 Å². The van der Waals surface area contributed by atoms with Crippen molar-refractivity contribution in [2.24, 2.45) is 0 Å². The lowest BCUT2D eigenvalue weighted by Gasteiger charge is -1.99. The first-order valence-corrected chi connectivity index (χ1v) is 7.15. The van der Waals surface area contributed by atoms with E-state index < -0.39 is 5.97 Å². The van der Waals surface area contributed by atoms with Crippen LogP contribution in [0.15, 0.2) is 52.6 Å². The smallest absolute Gasteiger partial charge is 0.301 e. The molecule has 0 spiro atoms. The first-order chi connectivity index (χ1) is 10.3. The van der Waals surface area contributed by atoms with E-state index in [4.69, 9.17) is 5.26 Å². The minimum Gasteiger partial charge on any atom is -0.301 e. The maximum Gasteiger partial charge on any atom is 0.342 e. The molecule has 0 aliphatic carbocycles. The summed E-state index contributed by atoms with van der Waals surface area (Å²) in [6.45, 7) is 26.2. The van der Waals surface area contributed by atoms with Gasteiger partial charge in [0.25, 0.3) is 0 Å². The summed E-state index contributed by atoms with van der Waals surface area (Å²) in [6, 6.07) is 0. The summed E-state index contributed by atoms with van der Waals surface area (Å²) in [4.78, 5) is 14.0. The van der Waals surface area contributed by atoms with Crippen molar-refractivity contribution in [3.8, 4) is 0 Å². The predicted molar refractivity (Wildman–Crippen MR) is 96.3 cm³/mol. The number of carbonyl (C=O) groups excluding carboxylic acids is 1. The summed E-state index contributed by atoms with van der Waals surface area (Å²) in [5.41, 5.74) is 0. The van der Waals surface area contributed by atoms with Crippen molar-refractivity contribution >= 4 is 5.97 Å². The molecule has 0 aliphatic rings. The maximum atomic E-state index is 10.5. The van der Waals surface area contributed by atoms with Crippen LogP contribution >= 0.6 is 0 Å². The lowest BCUT2D eigenvalue weighted by Crippen LogP contribution is -1.99. The first kappa shape index (κ1) is 31.7. The summed E-state index contributed by atoms with van der Waals surface area (Å²) in [5, 5.41) is 7.96. The highest BCUT2D eigenvalue weighted by atomic mass is 17.1. The van der Waals surface area contributed by atoms with E-state index in [2.05, 4.69) is 64.4 Å². The van der Waals surface area contributed by atoms with Gasteiger partial charge in [0.15, 0.2) is 0 Å². The van der Waals surface area contributed by atoms with Crippen molar-refractivity contribution in [1.29, 1.82) is 0 Å². The van der Waals surface area contributed by atoms with Crippen molar-refractivity contribution in [2.45, 2.75) is 58.3 Å². The van der Waals surface area contributed by atoms with Gasteiger partial charge in [0.2, 0.25) is 0 Å². The standard InChI is InChI=1S/C10H20O3.4C2H4/c1-2-3-4-5-6-7-8-9-10(11)13-12;4*1-2/h12H,2-9H2,1H3;4*1-2H2. The normalized spacial score (nSPS) is 6.95. The fourth-order valence-corrected chi connectivity index (χ4v) is 1.27. The van der Waals surface area contributed by atoms with Gasteiger partial charge in [-0.05, 0) is 6.42 Å². The van der Waals surface area contributed by atoms with E-state index in [1.54, 1.807) is 0 Å². The van der Waals surface area contributed by atoms with Crippen LogP contribution in [-0.4, -0.2) is 11.2 Å². The molecule has 126 valence electrons. The SMILES string of the molecule is C=C.C=C.C=C.C=C.CCCCCCCCCC(=O)OO. The molecule has 0 radical (unpaired) electrons. The quantitative estimate of drug-likeness (QED) is 0.246. The van der Waals surface area contributed by atoms with E-state index >= 15 is 0 Å². The van der Waals surface area contributed by atoms with E-state index in [0.717, 1.165) is 12.8 Å². The van der Waals surface area contributed by atoms with Gasteiger partial charge in [-0.2, -0.15) is 5.26 Å². The predicted octanol–water partition coefficient (Wildman–Crippen LogP) is 6.35. The third kappa shape index (κ3) is 56.0. The van der Waals surface area contributed by atoms with Gasteiger partial charge in [-0.1, -0.05) is 45.4 Å². The second-order valence-electron chi connectivity index (χ2n) is 3.33. The van der Waals surface area contributed by atoms with Crippen molar-refractivity contribution in [2.75, 3.05) is 0 Å². The molecule has 3 nitrogen and oxygen atoms in total. The van der Waals surface area contributed by atoms with Gasteiger partial charge in [0.05, 0.1) is 0 Å². The Morgan fingerprint density at radius 3 is 1.43 bits per heavy atom. The molecule has 0 aromatic heterocycles. The number of hydrogen-bond donors (Lipinski definition) is 1. The van der Waals surface area contributed by atoms with E-state index in [1.807, 2.05) is 0 Å². The number of rotatable bonds is 8. The van der Waals surface area contributed by atoms with Gasteiger partial charge in [-0.25, -0.2) is 4.79 Å². The zero-order valence-electron chi connectivity index (χ0n) is 14.1. The first-order valence-electron chi connectivity index (χ1n) is 7.15. The van der Waals surface area contributed by atoms with Crippen molar-refractivity contribution in [1.82, 2.24) is 0 Å². The van der Waals surface area contributed by atoms with Gasteiger partial charge in [-0.3, -0.25) is 0 Å². The van der Waals surface area contributed by atoms with Gasteiger partial charge in [0, 0.05) is 6.42 Å². The summed E-state index contributed by atoms with van der Waals surface area (Å²) < 4.78 is 0. The van der Waals surface area contributed by atoms with E-state index in [1.165, 1.54) is 32.1 Å². The van der Waals surface area contributed by atoms with E-state index in [9.17, 15) is 4.79 Å². The van der Waals surface area contributed by atoms with Gasteiger partial charge >= 0.3 is 5.97 Å². The highest BCUT2D eigenvalue weighted by Crippen LogP contribution is 2.08. The molecule has 0 unspecified atom stereocenters. The molecule has 0 atom stereocenters. The fourth-order valence-electron chi connectivity index (χ4n) is 1.27. The molecule has 0 heterocycles. The lowest BCUT2D eigenvalue weighted by atomic mass is 10.1. The lowest BCUT2D eigenvalue weighted by molar-refractivity contribution is -0.234. The average Bonchev–Trinajstić information content (AvgIpc) is 2.61. The maximum absolute atomic E-state index is 10.5. The highest BCUT2D eigenvalue weighted by Gasteiger charge is 2.00. The molecule has 0 fully saturated rings. The van der Waals surface area contributed by atoms with Crippen molar-refractivity contribution in [3.05, 3.63) is 52.6 Å². The summed E-state index contributed by atoms with van der Waals surface area (Å²) >= 11 is 0. The molecule has 1 N–H and O–H groups in total. The zero-order valence-corrected chi connectivity index (χ0v) is 14.1. The third-order valence-corrected chi connectivity index (χ3v) is 2.09. The molecule has 0 saturated heterocycles. The molecule has 0 aliphatic heterocycles. The van der Waals surface area contributed by atoms with Crippen LogP contribution < -0.4 is 0 Å². The van der Waals surface area contributed by atoms with E-state index in [0.29, 0.717) is 6.42 Å². The molecule has 0 aromatic carbocycles. The molecule has 3 heteroatoms. The Morgan fingerprint density at radius 2 is 1.10 bits per heavy atom. The van der Waals surface area contributed by atoms with Crippen LogP contribution in [0.5, 0.6) is 0 Å². The van der Waals surface area contributed by atoms with Gasteiger partial charge in [-0.15, -0.1) is 52.6 Å². The van der Waals surface area contributed by atoms with Crippen LogP contribution in [0.1, 0.15) is 58.3 Å². The second kappa shape index (κ2) is 51.5. The topological polar surface area (TPSA) is 46.5 Å². The van der Waals surface area contributed by atoms with Gasteiger partial charge in [0.1, 0.15) is 0 Å². The summed E-state index contributed by atoms with van der Waals surface area (Å²) in [6.07, 6.45) is 8.51. The Balaban J connectivity index is -0.0000000912. The van der Waals surface area contributed by atoms with E-state index in [-0.39, 0.29) is 0 Å². The van der Waals surface area contributed by atoms with Crippen LogP contribution in [0.4, 0.5) is 0 Å². The Morgan fingerprint density at radius 1 is 0.762 bits per heavy atom. The Bertz CT molecular complexity index is 162. The van der Waals surface area contributed by atoms with Crippen LogP contribution in [-0.2, 0) is 9.68 Å².